The van der Waals surface area contributed by atoms with E-state index in [-0.39, 0.29) is 5.91 Å². The standard InChI is InChI=1S/C22H27N3O2S/c1-2-27-20-12-10-17(11-13-20)6-4-14-23-22(28)24-18-7-3-8-19(16-18)25-15-5-9-21(25)26/h3,7-8,10-13,16H,2,4-6,9,14-15H2,1H3,(H2,23,24,28). The van der Waals surface area contributed by atoms with E-state index in [2.05, 4.69) is 22.8 Å². The molecule has 6 heteroatoms. The fraction of sp³-hybridized carbons (Fsp3) is 0.364. The van der Waals surface area contributed by atoms with Gasteiger partial charge in [0.05, 0.1) is 6.61 Å². The molecule has 0 aromatic heterocycles. The van der Waals surface area contributed by atoms with Crippen LogP contribution >= 0.6 is 12.2 Å². The smallest absolute Gasteiger partial charge is 0.227 e. The van der Waals surface area contributed by atoms with Gasteiger partial charge in [0.15, 0.2) is 5.11 Å². The molecule has 3 rings (SSSR count). The second-order valence-electron chi connectivity index (χ2n) is 6.76. The predicted molar refractivity (Wildman–Crippen MR) is 118 cm³/mol. The van der Waals surface area contributed by atoms with E-state index in [1.54, 1.807) is 0 Å². The van der Waals surface area contributed by atoms with Crippen LogP contribution in [0.4, 0.5) is 11.4 Å². The Morgan fingerprint density at radius 1 is 1.21 bits per heavy atom. The van der Waals surface area contributed by atoms with Crippen molar-refractivity contribution in [3.63, 3.8) is 0 Å². The average Bonchev–Trinajstić information content (AvgIpc) is 3.13. The number of ether oxygens (including phenoxy) is 1. The zero-order valence-corrected chi connectivity index (χ0v) is 17.1. The van der Waals surface area contributed by atoms with Crippen LogP contribution in [-0.2, 0) is 11.2 Å². The highest BCUT2D eigenvalue weighted by Crippen LogP contribution is 2.24. The van der Waals surface area contributed by atoms with Crippen LogP contribution in [0.5, 0.6) is 5.75 Å². The molecule has 2 aromatic carbocycles. The van der Waals surface area contributed by atoms with Gasteiger partial charge < -0.3 is 20.3 Å². The largest absolute Gasteiger partial charge is 0.494 e. The molecule has 28 heavy (non-hydrogen) atoms. The monoisotopic (exact) mass is 397 g/mol. The Labute approximate surface area is 172 Å². The van der Waals surface area contributed by atoms with E-state index in [0.717, 1.165) is 49.5 Å². The molecular formula is C22H27N3O2S. The quantitative estimate of drug-likeness (QED) is 0.518. The number of hydrogen-bond donors (Lipinski definition) is 2. The first-order valence-corrected chi connectivity index (χ1v) is 10.2. The fourth-order valence-corrected chi connectivity index (χ4v) is 3.48. The van der Waals surface area contributed by atoms with Gasteiger partial charge >= 0.3 is 0 Å². The molecule has 1 aliphatic rings. The van der Waals surface area contributed by atoms with E-state index in [9.17, 15) is 4.79 Å². The summed E-state index contributed by atoms with van der Waals surface area (Å²) in [5.74, 6) is 1.10. The summed E-state index contributed by atoms with van der Waals surface area (Å²) >= 11 is 5.39. The molecule has 5 nitrogen and oxygen atoms in total. The highest BCUT2D eigenvalue weighted by Gasteiger charge is 2.21. The molecule has 0 spiro atoms. The van der Waals surface area contributed by atoms with Crippen LogP contribution in [0.25, 0.3) is 0 Å². The van der Waals surface area contributed by atoms with Crippen LogP contribution in [0.3, 0.4) is 0 Å². The fourth-order valence-electron chi connectivity index (χ4n) is 3.26. The third kappa shape index (κ3) is 5.70. The molecule has 148 valence electrons. The van der Waals surface area contributed by atoms with Crippen molar-refractivity contribution in [3.8, 4) is 5.75 Å². The third-order valence-corrected chi connectivity index (χ3v) is 4.90. The van der Waals surface area contributed by atoms with E-state index in [4.69, 9.17) is 17.0 Å². The number of carbonyl (C=O) groups excluding carboxylic acids is 1. The molecule has 1 aliphatic heterocycles. The topological polar surface area (TPSA) is 53.6 Å². The van der Waals surface area contributed by atoms with Crippen molar-refractivity contribution in [2.24, 2.45) is 0 Å². The molecule has 1 fully saturated rings. The van der Waals surface area contributed by atoms with Gasteiger partial charge in [-0.2, -0.15) is 0 Å². The first-order chi connectivity index (χ1) is 13.7. The average molecular weight is 398 g/mol. The van der Waals surface area contributed by atoms with Gasteiger partial charge in [-0.15, -0.1) is 0 Å². The molecule has 0 radical (unpaired) electrons. The minimum atomic E-state index is 0.187. The van der Waals surface area contributed by atoms with Crippen molar-refractivity contribution in [1.29, 1.82) is 0 Å². The van der Waals surface area contributed by atoms with E-state index < -0.39 is 0 Å². The van der Waals surface area contributed by atoms with Crippen LogP contribution in [-0.4, -0.2) is 30.7 Å². The van der Waals surface area contributed by atoms with Crippen LogP contribution in [0.1, 0.15) is 31.7 Å². The predicted octanol–water partition coefficient (Wildman–Crippen LogP) is 4.13. The van der Waals surface area contributed by atoms with Gasteiger partial charge in [0, 0.05) is 30.9 Å². The molecule has 0 saturated carbocycles. The van der Waals surface area contributed by atoms with Gasteiger partial charge in [-0.05, 0) is 74.3 Å². The maximum atomic E-state index is 11.9. The van der Waals surface area contributed by atoms with Gasteiger partial charge in [-0.3, -0.25) is 4.79 Å². The van der Waals surface area contributed by atoms with Crippen molar-refractivity contribution in [3.05, 3.63) is 54.1 Å². The maximum Gasteiger partial charge on any atom is 0.227 e. The zero-order valence-electron chi connectivity index (χ0n) is 16.2. The van der Waals surface area contributed by atoms with Crippen LogP contribution in [0, 0.1) is 0 Å². The number of thiocarbonyl (C=S) groups is 1. The van der Waals surface area contributed by atoms with Crippen molar-refractivity contribution in [2.45, 2.75) is 32.6 Å². The van der Waals surface area contributed by atoms with Crippen LogP contribution in [0.2, 0.25) is 0 Å². The van der Waals surface area contributed by atoms with Crippen LogP contribution < -0.4 is 20.3 Å². The lowest BCUT2D eigenvalue weighted by Crippen LogP contribution is -2.29. The zero-order chi connectivity index (χ0) is 19.8. The van der Waals surface area contributed by atoms with Gasteiger partial charge in [-0.1, -0.05) is 18.2 Å². The number of rotatable bonds is 8. The molecule has 1 heterocycles. The Morgan fingerprint density at radius 2 is 2.04 bits per heavy atom. The van der Waals surface area contributed by atoms with Crippen LogP contribution in [0.15, 0.2) is 48.5 Å². The number of hydrogen-bond acceptors (Lipinski definition) is 3. The van der Waals surface area contributed by atoms with Crippen molar-refractivity contribution in [2.75, 3.05) is 29.9 Å². The Hall–Kier alpha value is -2.60. The van der Waals surface area contributed by atoms with Gasteiger partial charge in [-0.25, -0.2) is 0 Å². The molecule has 0 aliphatic carbocycles. The Kier molecular flexibility index (Phi) is 7.25. The summed E-state index contributed by atoms with van der Waals surface area (Å²) in [5.41, 5.74) is 3.10. The van der Waals surface area contributed by atoms with E-state index in [1.165, 1.54) is 5.56 Å². The number of nitrogens with one attached hydrogen (secondary N) is 2. The molecule has 1 saturated heterocycles. The summed E-state index contributed by atoms with van der Waals surface area (Å²) in [6.07, 6.45) is 3.52. The lowest BCUT2D eigenvalue weighted by molar-refractivity contribution is -0.117. The summed E-state index contributed by atoms with van der Waals surface area (Å²) in [6, 6.07) is 16.1. The maximum absolute atomic E-state index is 11.9. The first kappa shape index (κ1) is 20.1. The third-order valence-electron chi connectivity index (χ3n) is 4.65. The summed E-state index contributed by atoms with van der Waals surface area (Å²) in [7, 11) is 0. The summed E-state index contributed by atoms with van der Waals surface area (Å²) in [4.78, 5) is 13.7. The summed E-state index contributed by atoms with van der Waals surface area (Å²) < 4.78 is 5.46. The SMILES string of the molecule is CCOc1ccc(CCCNC(=S)Nc2cccc(N3CCCC3=O)c2)cc1. The molecular weight excluding hydrogens is 370 g/mol. The van der Waals surface area contributed by atoms with E-state index in [0.29, 0.717) is 18.1 Å². The first-order valence-electron chi connectivity index (χ1n) is 9.82. The Balaban J connectivity index is 1.41. The van der Waals surface area contributed by atoms with Crippen molar-refractivity contribution >= 4 is 34.6 Å². The minimum absolute atomic E-state index is 0.187. The van der Waals surface area contributed by atoms with Gasteiger partial charge in [0.1, 0.15) is 5.75 Å². The normalized spacial score (nSPS) is 13.5. The van der Waals surface area contributed by atoms with Gasteiger partial charge in [0.25, 0.3) is 0 Å². The van der Waals surface area contributed by atoms with E-state index >= 15 is 0 Å². The number of carbonyl (C=O) groups is 1. The Morgan fingerprint density at radius 3 is 2.75 bits per heavy atom. The van der Waals surface area contributed by atoms with Crippen molar-refractivity contribution in [1.82, 2.24) is 5.32 Å². The highest BCUT2D eigenvalue weighted by atomic mass is 32.1. The molecule has 2 aromatic rings. The van der Waals surface area contributed by atoms with E-state index in [1.807, 2.05) is 48.2 Å². The molecule has 1 amide bonds. The molecule has 0 bridgehead atoms. The van der Waals surface area contributed by atoms with Gasteiger partial charge in [0.2, 0.25) is 5.91 Å². The van der Waals surface area contributed by atoms with Crippen molar-refractivity contribution < 1.29 is 9.53 Å². The molecule has 2 N–H and O–H groups in total. The Bertz CT molecular complexity index is 808. The number of nitrogens with zero attached hydrogens (tertiary/aromatic N) is 1. The summed E-state index contributed by atoms with van der Waals surface area (Å²) in [6.45, 7) is 4.25. The number of benzene rings is 2. The number of anilines is 2. The lowest BCUT2D eigenvalue weighted by atomic mass is 10.1. The summed E-state index contributed by atoms with van der Waals surface area (Å²) in [5, 5.41) is 7.05. The second kappa shape index (κ2) is 10.1. The minimum Gasteiger partial charge on any atom is -0.494 e. The molecule has 0 unspecified atom stereocenters. The highest BCUT2D eigenvalue weighted by molar-refractivity contribution is 7.80. The lowest BCUT2D eigenvalue weighted by Gasteiger charge is -2.17. The number of amides is 1. The second-order valence-corrected chi connectivity index (χ2v) is 7.17. The molecule has 0 atom stereocenters. The number of aryl methyl sites for hydroxylation is 1.